The fourth-order valence-electron chi connectivity index (χ4n) is 6.95. The summed E-state index contributed by atoms with van der Waals surface area (Å²) in [4.78, 5) is 47.6. The molecule has 0 aromatic heterocycles. The van der Waals surface area contributed by atoms with E-state index in [2.05, 4.69) is 36.6 Å². The lowest BCUT2D eigenvalue weighted by atomic mass is 10.0. The number of carboxylic acids is 1. The van der Waals surface area contributed by atoms with Gasteiger partial charge >= 0.3 is 11.9 Å². The first kappa shape index (κ1) is 52.6. The molecule has 4 N–H and O–H groups in total. The maximum Gasteiger partial charge on any atom is 0.328 e. The second-order valence-electron chi connectivity index (χ2n) is 15.8. The molecule has 0 aromatic carbocycles. The summed E-state index contributed by atoms with van der Waals surface area (Å²) in [6, 6.07) is -1.38. The van der Waals surface area contributed by atoms with Crippen LogP contribution in [0.2, 0.25) is 0 Å². The molecule has 0 aromatic rings. The van der Waals surface area contributed by atoms with Crippen molar-refractivity contribution in [3.05, 3.63) is 12.2 Å². The molecule has 0 radical (unpaired) electrons. The molecule has 9 nitrogen and oxygen atoms in total. The smallest absolute Gasteiger partial charge is 0.328 e. The van der Waals surface area contributed by atoms with E-state index in [1.807, 2.05) is 0 Å². The van der Waals surface area contributed by atoms with Crippen LogP contribution in [-0.4, -0.2) is 59.3 Å². The fraction of sp³-hybridized carbons (Fsp3) is 0.870. The van der Waals surface area contributed by atoms with Crippen molar-refractivity contribution < 1.29 is 34.1 Å². The lowest BCUT2D eigenvalue weighted by Gasteiger charge is -2.18. The molecule has 0 aliphatic carbocycles. The molecule has 0 rings (SSSR count). The van der Waals surface area contributed by atoms with E-state index < -0.39 is 24.5 Å². The van der Waals surface area contributed by atoms with Crippen molar-refractivity contribution in [1.29, 1.82) is 0 Å². The van der Waals surface area contributed by atoms with E-state index in [0.29, 0.717) is 19.3 Å². The van der Waals surface area contributed by atoms with Gasteiger partial charge in [-0.05, 0) is 64.2 Å². The molecule has 322 valence electrons. The minimum Gasteiger partial charge on any atom is -0.480 e. The van der Waals surface area contributed by atoms with Crippen molar-refractivity contribution in [2.75, 3.05) is 13.2 Å². The zero-order valence-corrected chi connectivity index (χ0v) is 35.7. The number of ether oxygens (including phenoxy) is 1. The highest BCUT2D eigenvalue weighted by molar-refractivity contribution is 5.87. The molecular formula is C46H86N2O7. The maximum atomic E-state index is 12.8. The van der Waals surface area contributed by atoms with Crippen LogP contribution < -0.4 is 10.6 Å². The quantitative estimate of drug-likeness (QED) is 0.0274. The Balaban J connectivity index is 4.18. The standard InChI is InChI=1S/C46H86N2O7/c1-3-5-7-9-11-13-14-15-16-17-18-19-20-21-23-25-30-34-38-45(52)55-41(35-31-27-24-22-12-10-8-6-4-2)36-32-28-26-29-33-37-43(50)47-39-44(51)48-42(40-49)46(53)54/h16-17,41-42,49H,3-15,18-40H2,1-2H3,(H,47,50)(H,48,51)(H,53,54)/b17-16-. The van der Waals surface area contributed by atoms with Crippen LogP contribution in [-0.2, 0) is 23.9 Å². The van der Waals surface area contributed by atoms with Gasteiger partial charge in [-0.2, -0.15) is 0 Å². The number of hydrogen-bond acceptors (Lipinski definition) is 6. The molecular weight excluding hydrogens is 693 g/mol. The monoisotopic (exact) mass is 779 g/mol. The van der Waals surface area contributed by atoms with E-state index in [1.54, 1.807) is 0 Å². The van der Waals surface area contributed by atoms with Crippen LogP contribution in [0.25, 0.3) is 0 Å². The van der Waals surface area contributed by atoms with Crippen molar-refractivity contribution in [3.8, 4) is 0 Å². The molecule has 0 saturated carbocycles. The Morgan fingerprint density at radius 2 is 0.927 bits per heavy atom. The molecule has 0 saturated heterocycles. The molecule has 0 heterocycles. The van der Waals surface area contributed by atoms with Gasteiger partial charge in [-0.15, -0.1) is 0 Å². The third kappa shape index (κ3) is 38.2. The van der Waals surface area contributed by atoms with Crippen LogP contribution >= 0.6 is 0 Å². The lowest BCUT2D eigenvalue weighted by molar-refractivity contribution is -0.150. The minimum absolute atomic E-state index is 0.00913. The van der Waals surface area contributed by atoms with Gasteiger partial charge in [0.2, 0.25) is 11.8 Å². The summed E-state index contributed by atoms with van der Waals surface area (Å²) in [5, 5.41) is 22.6. The van der Waals surface area contributed by atoms with Gasteiger partial charge in [-0.25, -0.2) is 4.79 Å². The summed E-state index contributed by atoms with van der Waals surface area (Å²) in [6.07, 6.45) is 43.9. The number of carboxylic acid groups (broad SMARTS) is 1. The third-order valence-corrected chi connectivity index (χ3v) is 10.5. The molecule has 55 heavy (non-hydrogen) atoms. The maximum absolute atomic E-state index is 12.8. The SMILES string of the molecule is CCCCCCCCC/C=C\CCCCCCCCCC(=O)OC(CCCCCCCCCCC)CCCCCCCC(=O)NCC(=O)NC(CO)C(=O)O. The third-order valence-electron chi connectivity index (χ3n) is 10.5. The van der Waals surface area contributed by atoms with E-state index in [4.69, 9.17) is 14.9 Å². The Labute approximate surface area is 337 Å². The second kappa shape index (κ2) is 41.2. The molecule has 0 aliphatic heterocycles. The van der Waals surface area contributed by atoms with Crippen LogP contribution in [0.5, 0.6) is 0 Å². The average Bonchev–Trinajstić information content (AvgIpc) is 3.17. The summed E-state index contributed by atoms with van der Waals surface area (Å²) in [6.45, 7) is 3.49. The summed E-state index contributed by atoms with van der Waals surface area (Å²) in [7, 11) is 0. The zero-order chi connectivity index (χ0) is 40.5. The van der Waals surface area contributed by atoms with Crippen molar-refractivity contribution in [3.63, 3.8) is 0 Å². The van der Waals surface area contributed by atoms with Gasteiger partial charge in [-0.3, -0.25) is 14.4 Å². The van der Waals surface area contributed by atoms with Crippen LogP contribution in [0.15, 0.2) is 12.2 Å². The van der Waals surface area contributed by atoms with Crippen molar-refractivity contribution in [2.45, 2.75) is 244 Å². The molecule has 2 atom stereocenters. The van der Waals surface area contributed by atoms with E-state index in [0.717, 1.165) is 57.8 Å². The number of carbonyl (C=O) groups excluding carboxylic acids is 3. The molecule has 0 aliphatic rings. The average molecular weight is 779 g/mol. The number of carbonyl (C=O) groups is 4. The van der Waals surface area contributed by atoms with Crippen LogP contribution in [0.4, 0.5) is 0 Å². The van der Waals surface area contributed by atoms with Crippen molar-refractivity contribution >= 4 is 23.8 Å². The van der Waals surface area contributed by atoms with Gasteiger partial charge in [0.25, 0.3) is 0 Å². The number of aliphatic carboxylic acids is 1. The number of rotatable bonds is 42. The number of aliphatic hydroxyl groups excluding tert-OH is 1. The number of aliphatic hydroxyl groups is 1. The van der Waals surface area contributed by atoms with Crippen LogP contribution in [0.1, 0.15) is 232 Å². The highest BCUT2D eigenvalue weighted by atomic mass is 16.5. The highest BCUT2D eigenvalue weighted by Crippen LogP contribution is 2.19. The number of hydrogen-bond donors (Lipinski definition) is 4. The van der Waals surface area contributed by atoms with E-state index in [1.165, 1.54) is 141 Å². The normalized spacial score (nSPS) is 12.5. The Kier molecular flexibility index (Phi) is 39.4. The Hall–Kier alpha value is -2.42. The minimum atomic E-state index is -1.38. The predicted octanol–water partition coefficient (Wildman–Crippen LogP) is 11.4. The zero-order valence-electron chi connectivity index (χ0n) is 35.7. The molecule has 9 heteroatoms. The first-order valence-electron chi connectivity index (χ1n) is 23.1. The molecule has 2 unspecified atom stereocenters. The van der Waals surface area contributed by atoms with Gasteiger partial charge in [0.15, 0.2) is 0 Å². The lowest BCUT2D eigenvalue weighted by Crippen LogP contribution is -2.47. The number of esters is 1. The molecule has 0 bridgehead atoms. The predicted molar refractivity (Wildman–Crippen MR) is 227 cm³/mol. The van der Waals surface area contributed by atoms with Crippen LogP contribution in [0.3, 0.4) is 0 Å². The molecule has 2 amide bonds. The summed E-state index contributed by atoms with van der Waals surface area (Å²) in [5.74, 6) is -2.28. The fourth-order valence-corrected chi connectivity index (χ4v) is 6.95. The van der Waals surface area contributed by atoms with Gasteiger partial charge in [0.05, 0.1) is 13.2 Å². The number of unbranched alkanes of at least 4 members (excludes halogenated alkanes) is 26. The molecule has 0 fully saturated rings. The Bertz CT molecular complexity index is 941. The van der Waals surface area contributed by atoms with Crippen molar-refractivity contribution in [2.24, 2.45) is 0 Å². The number of allylic oxidation sites excluding steroid dienone is 2. The second-order valence-corrected chi connectivity index (χ2v) is 15.8. The Morgan fingerprint density at radius 1 is 0.527 bits per heavy atom. The number of nitrogens with one attached hydrogen (secondary N) is 2. The van der Waals surface area contributed by atoms with E-state index >= 15 is 0 Å². The largest absolute Gasteiger partial charge is 0.480 e. The van der Waals surface area contributed by atoms with Gasteiger partial charge in [0.1, 0.15) is 12.1 Å². The van der Waals surface area contributed by atoms with Crippen molar-refractivity contribution in [1.82, 2.24) is 10.6 Å². The summed E-state index contributed by atoms with van der Waals surface area (Å²) in [5.41, 5.74) is 0. The Morgan fingerprint density at radius 3 is 1.36 bits per heavy atom. The summed E-state index contributed by atoms with van der Waals surface area (Å²) < 4.78 is 6.03. The number of amides is 2. The van der Waals surface area contributed by atoms with E-state index in [9.17, 15) is 19.2 Å². The van der Waals surface area contributed by atoms with Gasteiger partial charge in [-0.1, -0.05) is 167 Å². The topological polar surface area (TPSA) is 142 Å². The summed E-state index contributed by atoms with van der Waals surface area (Å²) >= 11 is 0. The molecule has 0 spiro atoms. The van der Waals surface area contributed by atoms with Crippen LogP contribution in [0, 0.1) is 0 Å². The highest BCUT2D eigenvalue weighted by Gasteiger charge is 2.19. The first-order chi connectivity index (χ1) is 26.8. The van der Waals surface area contributed by atoms with Gasteiger partial charge < -0.3 is 25.6 Å². The van der Waals surface area contributed by atoms with E-state index in [-0.39, 0.29) is 24.5 Å². The first-order valence-corrected chi connectivity index (χ1v) is 23.1. The van der Waals surface area contributed by atoms with Gasteiger partial charge in [0, 0.05) is 12.8 Å².